The van der Waals surface area contributed by atoms with Gasteiger partial charge in [-0.1, -0.05) is 36.4 Å². The van der Waals surface area contributed by atoms with Gasteiger partial charge in [-0.2, -0.15) is 5.10 Å². The number of piperazine rings is 1. The average molecular weight is 482 g/mol. The summed E-state index contributed by atoms with van der Waals surface area (Å²) in [5.41, 5.74) is 5.80. The SMILES string of the molecule is COc1cccc(CN(Cc2ccc(-n3cccn3)cc2)c2ccc(CN3CCNC(=O)C3)cc2)c1. The number of anilines is 1. The Morgan fingerprint density at radius 2 is 1.72 bits per heavy atom. The first-order chi connectivity index (χ1) is 17.7. The quantitative estimate of drug-likeness (QED) is 0.391. The van der Waals surface area contributed by atoms with Crippen molar-refractivity contribution >= 4 is 11.6 Å². The molecular weight excluding hydrogens is 450 g/mol. The highest BCUT2D eigenvalue weighted by atomic mass is 16.5. The predicted octanol–water partition coefficient (Wildman–Crippen LogP) is 4.02. The molecule has 4 aromatic rings. The van der Waals surface area contributed by atoms with Crippen LogP contribution in [0.5, 0.6) is 5.75 Å². The molecule has 0 bridgehead atoms. The number of nitrogens with zero attached hydrogens (tertiary/aromatic N) is 4. The third-order valence-corrected chi connectivity index (χ3v) is 6.41. The van der Waals surface area contributed by atoms with E-state index < -0.39 is 0 Å². The summed E-state index contributed by atoms with van der Waals surface area (Å²) >= 11 is 0. The monoisotopic (exact) mass is 481 g/mol. The highest BCUT2D eigenvalue weighted by Crippen LogP contribution is 2.24. The van der Waals surface area contributed by atoms with E-state index in [-0.39, 0.29) is 5.91 Å². The van der Waals surface area contributed by atoms with Gasteiger partial charge in [-0.3, -0.25) is 9.69 Å². The van der Waals surface area contributed by atoms with Crippen LogP contribution in [0.3, 0.4) is 0 Å². The molecule has 0 radical (unpaired) electrons. The van der Waals surface area contributed by atoms with Crippen LogP contribution in [-0.4, -0.2) is 47.3 Å². The maximum absolute atomic E-state index is 11.7. The lowest BCUT2D eigenvalue weighted by atomic mass is 10.1. The van der Waals surface area contributed by atoms with E-state index in [4.69, 9.17) is 4.74 Å². The molecule has 2 heterocycles. The van der Waals surface area contributed by atoms with E-state index in [0.717, 1.165) is 43.3 Å². The molecule has 1 aliphatic rings. The number of carbonyl (C=O) groups is 1. The van der Waals surface area contributed by atoms with Crippen molar-refractivity contribution in [3.63, 3.8) is 0 Å². The molecule has 7 nitrogen and oxygen atoms in total. The molecule has 0 atom stereocenters. The van der Waals surface area contributed by atoms with Crippen molar-refractivity contribution in [2.75, 3.05) is 31.6 Å². The Labute approximate surface area is 211 Å². The Morgan fingerprint density at radius 3 is 2.44 bits per heavy atom. The number of ether oxygens (including phenoxy) is 1. The van der Waals surface area contributed by atoms with Gasteiger partial charge < -0.3 is 15.0 Å². The van der Waals surface area contributed by atoms with Gasteiger partial charge in [0.2, 0.25) is 5.91 Å². The number of hydrogen-bond acceptors (Lipinski definition) is 5. The van der Waals surface area contributed by atoms with Crippen molar-refractivity contribution in [1.82, 2.24) is 20.0 Å². The van der Waals surface area contributed by atoms with Gasteiger partial charge in [0.05, 0.1) is 19.3 Å². The van der Waals surface area contributed by atoms with Crippen LogP contribution in [0.4, 0.5) is 5.69 Å². The van der Waals surface area contributed by atoms with Gasteiger partial charge in [0.25, 0.3) is 0 Å². The Hall–Kier alpha value is -4.10. The maximum atomic E-state index is 11.7. The summed E-state index contributed by atoms with van der Waals surface area (Å²) in [6, 6.07) is 27.4. The molecule has 3 aromatic carbocycles. The van der Waals surface area contributed by atoms with Crippen molar-refractivity contribution in [2.24, 2.45) is 0 Å². The zero-order valence-electron chi connectivity index (χ0n) is 20.5. The fourth-order valence-corrected chi connectivity index (χ4v) is 4.52. The van der Waals surface area contributed by atoms with Crippen LogP contribution < -0.4 is 15.0 Å². The molecule has 184 valence electrons. The van der Waals surface area contributed by atoms with Crippen molar-refractivity contribution in [2.45, 2.75) is 19.6 Å². The van der Waals surface area contributed by atoms with Crippen LogP contribution in [-0.2, 0) is 24.4 Å². The molecule has 0 aliphatic carbocycles. The fraction of sp³-hybridized carbons (Fsp3) is 0.241. The lowest BCUT2D eigenvalue weighted by Gasteiger charge is -2.28. The minimum absolute atomic E-state index is 0.0981. The molecule has 1 amide bonds. The standard InChI is InChI=1S/C29H31N5O2/c1-36-28-5-2-4-25(18-28)21-33(20-24-8-12-27(13-9-24)34-16-3-14-31-34)26-10-6-23(7-11-26)19-32-17-15-30-29(35)22-32/h2-14,16,18H,15,17,19-22H2,1H3,(H,30,35). The molecule has 0 saturated carbocycles. The molecule has 1 N–H and O–H groups in total. The molecule has 36 heavy (non-hydrogen) atoms. The van der Waals surface area contributed by atoms with Crippen molar-refractivity contribution in [3.8, 4) is 11.4 Å². The van der Waals surface area contributed by atoms with Gasteiger partial charge in [0.1, 0.15) is 5.75 Å². The van der Waals surface area contributed by atoms with Crippen molar-refractivity contribution in [1.29, 1.82) is 0 Å². The minimum Gasteiger partial charge on any atom is -0.497 e. The van der Waals surface area contributed by atoms with Crippen LogP contribution in [0.1, 0.15) is 16.7 Å². The maximum Gasteiger partial charge on any atom is 0.234 e. The molecule has 0 unspecified atom stereocenters. The molecule has 1 aromatic heterocycles. The van der Waals surface area contributed by atoms with Crippen molar-refractivity contribution in [3.05, 3.63) is 108 Å². The van der Waals surface area contributed by atoms with E-state index >= 15 is 0 Å². The number of rotatable bonds is 9. The predicted molar refractivity (Wildman–Crippen MR) is 141 cm³/mol. The van der Waals surface area contributed by atoms with Gasteiger partial charge in [0, 0.05) is 50.8 Å². The van der Waals surface area contributed by atoms with Crippen LogP contribution in [0.2, 0.25) is 0 Å². The number of benzene rings is 3. The lowest BCUT2D eigenvalue weighted by Crippen LogP contribution is -2.47. The van der Waals surface area contributed by atoms with E-state index in [0.29, 0.717) is 13.1 Å². The zero-order chi connectivity index (χ0) is 24.7. The Bertz CT molecular complexity index is 1270. The number of amides is 1. The molecule has 1 aliphatic heterocycles. The molecule has 7 heteroatoms. The second kappa shape index (κ2) is 11.1. The van der Waals surface area contributed by atoms with E-state index in [1.165, 1.54) is 16.7 Å². The number of methoxy groups -OCH3 is 1. The van der Waals surface area contributed by atoms with Gasteiger partial charge in [0.15, 0.2) is 0 Å². The smallest absolute Gasteiger partial charge is 0.234 e. The fourth-order valence-electron chi connectivity index (χ4n) is 4.52. The molecule has 1 fully saturated rings. The number of hydrogen-bond donors (Lipinski definition) is 1. The first-order valence-corrected chi connectivity index (χ1v) is 12.2. The average Bonchev–Trinajstić information content (AvgIpc) is 3.45. The van der Waals surface area contributed by atoms with Crippen LogP contribution in [0.25, 0.3) is 5.69 Å². The van der Waals surface area contributed by atoms with Crippen LogP contribution in [0, 0.1) is 0 Å². The second-order valence-electron chi connectivity index (χ2n) is 9.05. The second-order valence-corrected chi connectivity index (χ2v) is 9.05. The summed E-state index contributed by atoms with van der Waals surface area (Å²) < 4.78 is 7.31. The highest BCUT2D eigenvalue weighted by Gasteiger charge is 2.16. The normalized spacial score (nSPS) is 13.9. The largest absolute Gasteiger partial charge is 0.497 e. The summed E-state index contributed by atoms with van der Waals surface area (Å²) in [6.45, 7) is 4.34. The molecule has 1 saturated heterocycles. The summed E-state index contributed by atoms with van der Waals surface area (Å²) in [6.07, 6.45) is 3.73. The Morgan fingerprint density at radius 1 is 0.944 bits per heavy atom. The summed E-state index contributed by atoms with van der Waals surface area (Å²) in [4.78, 5) is 16.3. The number of carbonyl (C=O) groups excluding carboxylic acids is 1. The van der Waals surface area contributed by atoms with Gasteiger partial charge >= 0.3 is 0 Å². The van der Waals surface area contributed by atoms with E-state index in [2.05, 4.69) is 80.9 Å². The van der Waals surface area contributed by atoms with Crippen molar-refractivity contribution < 1.29 is 9.53 Å². The van der Waals surface area contributed by atoms with E-state index in [9.17, 15) is 4.79 Å². The molecule has 5 rings (SSSR count). The van der Waals surface area contributed by atoms with E-state index in [1.807, 2.05) is 29.1 Å². The van der Waals surface area contributed by atoms with Gasteiger partial charge in [-0.25, -0.2) is 4.68 Å². The zero-order valence-corrected chi connectivity index (χ0v) is 20.5. The lowest BCUT2D eigenvalue weighted by molar-refractivity contribution is -0.124. The molecular formula is C29H31N5O2. The summed E-state index contributed by atoms with van der Waals surface area (Å²) in [5.74, 6) is 0.956. The Balaban J connectivity index is 1.35. The third-order valence-electron chi connectivity index (χ3n) is 6.41. The topological polar surface area (TPSA) is 62.6 Å². The molecule has 0 spiro atoms. The highest BCUT2D eigenvalue weighted by molar-refractivity contribution is 5.78. The number of nitrogens with one attached hydrogen (secondary N) is 1. The number of aromatic nitrogens is 2. The summed E-state index contributed by atoms with van der Waals surface area (Å²) in [7, 11) is 1.70. The van der Waals surface area contributed by atoms with E-state index in [1.54, 1.807) is 13.3 Å². The minimum atomic E-state index is 0.0981. The summed E-state index contributed by atoms with van der Waals surface area (Å²) in [5, 5.41) is 7.21. The Kier molecular flexibility index (Phi) is 7.28. The van der Waals surface area contributed by atoms with Gasteiger partial charge in [-0.15, -0.1) is 0 Å². The first kappa shape index (κ1) is 23.6. The van der Waals surface area contributed by atoms with Crippen LogP contribution >= 0.6 is 0 Å². The van der Waals surface area contributed by atoms with Crippen LogP contribution in [0.15, 0.2) is 91.3 Å². The third kappa shape index (κ3) is 5.93. The van der Waals surface area contributed by atoms with Gasteiger partial charge in [-0.05, 0) is 59.2 Å². The first-order valence-electron chi connectivity index (χ1n) is 12.2.